The Morgan fingerprint density at radius 3 is 2.59 bits per heavy atom. The molecule has 0 bridgehead atoms. The summed E-state index contributed by atoms with van der Waals surface area (Å²) in [6.07, 6.45) is 9.91. The molecule has 2 aromatic heterocycles. The maximum Gasteiger partial charge on any atom is 0.182 e. The molecule has 3 heterocycles. The number of rotatable bonds is 6. The van der Waals surface area contributed by atoms with Crippen LogP contribution in [0.5, 0.6) is 5.75 Å². The largest absolute Gasteiger partial charge is 0.494 e. The number of ether oxygens (including phenoxy) is 1. The Hall–Kier alpha value is -2.54. The van der Waals surface area contributed by atoms with Crippen molar-refractivity contribution in [1.29, 1.82) is 0 Å². The average Bonchev–Trinajstić information content (AvgIpc) is 3.24. The topological polar surface area (TPSA) is 79.0 Å². The van der Waals surface area contributed by atoms with Crippen molar-refractivity contribution in [2.75, 3.05) is 30.4 Å². The molecule has 1 aliphatic carbocycles. The Kier molecular flexibility index (Phi) is 5.84. The Morgan fingerprint density at radius 2 is 1.91 bits per heavy atom. The zero-order valence-electron chi connectivity index (χ0n) is 19.0. The van der Waals surface area contributed by atoms with Crippen LogP contribution in [0.25, 0.3) is 11.2 Å². The molecule has 0 radical (unpaired) electrons. The Morgan fingerprint density at radius 1 is 1.16 bits per heavy atom. The molecule has 0 amide bonds. The molecule has 32 heavy (non-hydrogen) atoms. The zero-order valence-corrected chi connectivity index (χ0v) is 19.7. The van der Waals surface area contributed by atoms with E-state index >= 15 is 0 Å². The smallest absolute Gasteiger partial charge is 0.182 e. The molecule has 2 N–H and O–H groups in total. The van der Waals surface area contributed by atoms with E-state index in [0.717, 1.165) is 58.0 Å². The van der Waals surface area contributed by atoms with Crippen molar-refractivity contribution in [3.63, 3.8) is 0 Å². The molecular weight excluding hydrogens is 424 g/mol. The lowest BCUT2D eigenvalue weighted by Gasteiger charge is -2.41. The fourth-order valence-electron chi connectivity index (χ4n) is 5.31. The summed E-state index contributed by atoms with van der Waals surface area (Å²) in [7, 11) is 1.75. The number of anilines is 2. The molecule has 3 aromatic rings. The fourth-order valence-corrected chi connectivity index (χ4v) is 5.52. The number of nitrogens with zero attached hydrogens (tertiary/aromatic N) is 4. The third-order valence-corrected chi connectivity index (χ3v) is 7.78. The highest BCUT2D eigenvalue weighted by Crippen LogP contribution is 2.45. The summed E-state index contributed by atoms with van der Waals surface area (Å²) in [5, 5.41) is 4.26. The van der Waals surface area contributed by atoms with Crippen molar-refractivity contribution >= 4 is 34.3 Å². The van der Waals surface area contributed by atoms with Gasteiger partial charge in [0, 0.05) is 23.7 Å². The number of imidazole rings is 1. The van der Waals surface area contributed by atoms with Crippen molar-refractivity contribution in [3.8, 4) is 5.75 Å². The summed E-state index contributed by atoms with van der Waals surface area (Å²) < 4.78 is 6.01. The lowest BCUT2D eigenvalue weighted by molar-refractivity contribution is 0.176. The lowest BCUT2D eigenvalue weighted by Crippen LogP contribution is -2.38. The number of aromatic nitrogens is 4. The Bertz CT molecular complexity index is 1100. The van der Waals surface area contributed by atoms with Gasteiger partial charge in [0.25, 0.3) is 0 Å². The molecule has 5 rings (SSSR count). The highest BCUT2D eigenvalue weighted by Gasteiger charge is 2.32. The second kappa shape index (κ2) is 8.77. The predicted octanol–water partition coefficient (Wildman–Crippen LogP) is 5.51. The summed E-state index contributed by atoms with van der Waals surface area (Å²) in [4.78, 5) is 18.4. The van der Waals surface area contributed by atoms with Gasteiger partial charge in [0.05, 0.1) is 25.2 Å². The van der Waals surface area contributed by atoms with Gasteiger partial charge in [-0.2, -0.15) is 0 Å². The first kappa shape index (κ1) is 21.3. The molecule has 7 nitrogen and oxygen atoms in total. The van der Waals surface area contributed by atoms with E-state index in [4.69, 9.17) is 16.3 Å². The van der Waals surface area contributed by atoms with Crippen LogP contribution in [-0.2, 0) is 0 Å². The van der Waals surface area contributed by atoms with Gasteiger partial charge in [0.2, 0.25) is 0 Å². The molecule has 1 saturated carbocycles. The van der Waals surface area contributed by atoms with Gasteiger partial charge < -0.3 is 19.9 Å². The first-order valence-electron chi connectivity index (χ1n) is 11.6. The maximum atomic E-state index is 6.75. The van der Waals surface area contributed by atoms with E-state index in [1.807, 2.05) is 6.07 Å². The quantitative estimate of drug-likeness (QED) is 0.511. The van der Waals surface area contributed by atoms with Crippen molar-refractivity contribution in [3.05, 3.63) is 34.9 Å². The van der Waals surface area contributed by atoms with Gasteiger partial charge in [-0.05, 0) is 50.2 Å². The minimum Gasteiger partial charge on any atom is -0.494 e. The van der Waals surface area contributed by atoms with Gasteiger partial charge in [-0.15, -0.1) is 0 Å². The van der Waals surface area contributed by atoms with Crippen molar-refractivity contribution in [1.82, 2.24) is 19.9 Å². The van der Waals surface area contributed by atoms with E-state index in [1.54, 1.807) is 13.4 Å². The molecule has 170 valence electrons. The van der Waals surface area contributed by atoms with Gasteiger partial charge >= 0.3 is 0 Å². The van der Waals surface area contributed by atoms with E-state index in [0.29, 0.717) is 11.5 Å². The number of fused-ring (bicyclic) bond motifs is 1. The number of aromatic amines is 1. The van der Waals surface area contributed by atoms with E-state index in [9.17, 15) is 0 Å². The fraction of sp³-hybridized carbons (Fsp3) is 0.542. The first-order chi connectivity index (χ1) is 15.6. The second-order valence-corrected chi connectivity index (χ2v) is 9.57. The Balaban J connectivity index is 1.44. The average molecular weight is 455 g/mol. The second-order valence-electron chi connectivity index (χ2n) is 9.16. The highest BCUT2D eigenvalue weighted by atomic mass is 35.5. The van der Waals surface area contributed by atoms with Gasteiger partial charge in [-0.3, -0.25) is 0 Å². The number of hydrogen-bond acceptors (Lipinski definition) is 6. The van der Waals surface area contributed by atoms with Crippen LogP contribution in [0.2, 0.25) is 5.02 Å². The van der Waals surface area contributed by atoms with Crippen LogP contribution in [-0.4, -0.2) is 40.1 Å². The third kappa shape index (κ3) is 3.76. The number of nitrogens with one attached hydrogen (secondary N) is 2. The van der Waals surface area contributed by atoms with E-state index < -0.39 is 0 Å². The summed E-state index contributed by atoms with van der Waals surface area (Å²) in [6.45, 7) is 6.31. The van der Waals surface area contributed by atoms with Gasteiger partial charge in [0.1, 0.15) is 17.6 Å². The third-order valence-electron chi connectivity index (χ3n) is 7.39. The molecule has 1 unspecified atom stereocenters. The number of hydrogen-bond donors (Lipinski definition) is 2. The molecule has 0 spiro atoms. The number of H-pyrrole nitrogens is 1. The summed E-state index contributed by atoms with van der Waals surface area (Å²) in [6, 6.07) is 1.94. The van der Waals surface area contributed by atoms with Crippen LogP contribution in [0.3, 0.4) is 0 Å². The van der Waals surface area contributed by atoms with Crippen LogP contribution in [0.4, 0.5) is 11.5 Å². The SMILES string of the molecule is COc1c(C(C)Nc2ncnc3nc[nH]c23)cc(Cl)c(C)c1N1CCC(C2CCC2)CC1. The van der Waals surface area contributed by atoms with E-state index in [-0.39, 0.29) is 6.04 Å². The molecule has 1 aromatic carbocycles. The van der Waals surface area contributed by atoms with Gasteiger partial charge in [0.15, 0.2) is 11.5 Å². The summed E-state index contributed by atoms with van der Waals surface area (Å²) >= 11 is 6.75. The number of piperidine rings is 1. The molecule has 1 atom stereocenters. The van der Waals surface area contributed by atoms with Crippen LogP contribution in [0.1, 0.15) is 56.2 Å². The molecule has 1 saturated heterocycles. The lowest BCUT2D eigenvalue weighted by atomic mass is 9.72. The number of methoxy groups -OCH3 is 1. The minimum atomic E-state index is -0.0734. The standard InChI is InChI=1S/C24H31ClN6O/c1-14-19(25)11-18(15(2)30-24-20-23(27-12-26-20)28-13-29-24)22(32-3)21(14)31-9-7-17(8-10-31)16-5-4-6-16/h11-13,15-17H,4-10H2,1-3H3,(H2,26,27,28,29,30). The minimum absolute atomic E-state index is 0.0734. The summed E-state index contributed by atoms with van der Waals surface area (Å²) in [5.41, 5.74) is 4.66. The maximum absolute atomic E-state index is 6.75. The predicted molar refractivity (Wildman–Crippen MR) is 129 cm³/mol. The normalized spacial score (nSPS) is 18.6. The van der Waals surface area contributed by atoms with E-state index in [2.05, 4.69) is 44.0 Å². The van der Waals surface area contributed by atoms with Gasteiger partial charge in [-0.1, -0.05) is 30.9 Å². The van der Waals surface area contributed by atoms with Crippen LogP contribution in [0.15, 0.2) is 18.7 Å². The van der Waals surface area contributed by atoms with Crippen LogP contribution >= 0.6 is 11.6 Å². The number of halogens is 1. The van der Waals surface area contributed by atoms with Crippen molar-refractivity contribution in [2.45, 2.75) is 52.0 Å². The first-order valence-corrected chi connectivity index (χ1v) is 12.0. The van der Waals surface area contributed by atoms with Gasteiger partial charge in [-0.25, -0.2) is 15.0 Å². The Labute approximate surface area is 193 Å². The van der Waals surface area contributed by atoms with Crippen molar-refractivity contribution in [2.24, 2.45) is 11.8 Å². The van der Waals surface area contributed by atoms with Crippen LogP contribution in [0, 0.1) is 18.8 Å². The van der Waals surface area contributed by atoms with Crippen molar-refractivity contribution < 1.29 is 4.74 Å². The highest BCUT2D eigenvalue weighted by molar-refractivity contribution is 6.32. The monoisotopic (exact) mass is 454 g/mol. The molecule has 2 fully saturated rings. The van der Waals surface area contributed by atoms with Crippen LogP contribution < -0.4 is 15.0 Å². The summed E-state index contributed by atoms with van der Waals surface area (Å²) in [5.74, 6) is 3.43. The molecule has 2 aliphatic rings. The molecule has 8 heteroatoms. The number of benzene rings is 1. The van der Waals surface area contributed by atoms with E-state index in [1.165, 1.54) is 38.4 Å². The molecular formula is C24H31ClN6O. The molecule has 1 aliphatic heterocycles. The zero-order chi connectivity index (χ0) is 22.2.